The third-order valence-corrected chi connectivity index (χ3v) is 10.4. The van der Waals surface area contributed by atoms with Crippen molar-refractivity contribution in [3.63, 3.8) is 0 Å². The lowest BCUT2D eigenvalue weighted by atomic mass is 9.74. The normalized spacial score (nSPS) is 27.4. The van der Waals surface area contributed by atoms with E-state index in [-0.39, 0.29) is 43.8 Å². The highest BCUT2D eigenvalue weighted by Crippen LogP contribution is 2.45. The maximum Gasteiger partial charge on any atom is 0.409 e. The zero-order valence-electron chi connectivity index (χ0n) is 27.2. The molecule has 2 aromatic carbocycles. The number of hydrogen-bond donors (Lipinski definition) is 0. The Labute approximate surface area is 277 Å². The van der Waals surface area contributed by atoms with Crippen molar-refractivity contribution in [3.05, 3.63) is 70.5 Å². The van der Waals surface area contributed by atoms with Crippen LogP contribution in [0.2, 0.25) is 0 Å². The fraction of sp³-hybridized carbons (Fsp3) is 0.622. The van der Waals surface area contributed by atoms with Crippen molar-refractivity contribution in [2.24, 2.45) is 23.7 Å². The van der Waals surface area contributed by atoms with E-state index in [2.05, 4.69) is 11.7 Å². The van der Waals surface area contributed by atoms with E-state index in [1.807, 2.05) is 0 Å². The van der Waals surface area contributed by atoms with Gasteiger partial charge in [0.1, 0.15) is 23.2 Å². The standard InChI is InChI=1S/C37H44F8O3/c1-2-3-4-5-23-6-8-24(9-7-23)27-21-46-35(47-22-27)26-12-15-30(32(38)18-26)25-10-13-28(14-11-25)37(44,45)48-29-19-33(39)31(34(40)20-29)16-17-36(41,42)43/h12,15-20,23-25,27-28,35H,2-11,13-14,21-22H2,1H3/b17-16+. The molecule has 0 spiro atoms. The van der Waals surface area contributed by atoms with Gasteiger partial charge in [-0.05, 0) is 74.0 Å². The predicted molar refractivity (Wildman–Crippen MR) is 166 cm³/mol. The summed E-state index contributed by atoms with van der Waals surface area (Å²) < 4.78 is 128. The second-order valence-electron chi connectivity index (χ2n) is 13.7. The molecule has 0 N–H and O–H groups in total. The highest BCUT2D eigenvalue weighted by molar-refractivity contribution is 5.53. The molecule has 2 saturated carbocycles. The summed E-state index contributed by atoms with van der Waals surface area (Å²) in [5, 5.41) is 0. The van der Waals surface area contributed by atoms with Crippen LogP contribution in [0.1, 0.15) is 113 Å². The summed E-state index contributed by atoms with van der Waals surface area (Å²) in [5.41, 5.74) is -0.0346. The minimum atomic E-state index is -4.81. The van der Waals surface area contributed by atoms with Gasteiger partial charge in [-0.1, -0.05) is 57.6 Å². The molecular formula is C37H44F8O3. The number of ether oxygens (including phenoxy) is 3. The maximum absolute atomic E-state index is 15.3. The average molecular weight is 689 g/mol. The van der Waals surface area contributed by atoms with Crippen LogP contribution in [0, 0.1) is 41.1 Å². The van der Waals surface area contributed by atoms with Crippen molar-refractivity contribution in [2.45, 2.75) is 108 Å². The topological polar surface area (TPSA) is 27.7 Å². The summed E-state index contributed by atoms with van der Waals surface area (Å²) in [7, 11) is 0. The molecule has 5 rings (SSSR count). The molecule has 11 heteroatoms. The van der Waals surface area contributed by atoms with Crippen molar-refractivity contribution >= 4 is 6.08 Å². The number of unbranched alkanes of at least 4 members (excludes halogenated alkanes) is 2. The first kappa shape index (κ1) is 36.6. The fourth-order valence-electron chi connectivity index (χ4n) is 7.57. The largest absolute Gasteiger partial charge is 0.432 e. The van der Waals surface area contributed by atoms with Crippen LogP contribution in [-0.4, -0.2) is 25.5 Å². The Morgan fingerprint density at radius 2 is 1.42 bits per heavy atom. The molecule has 1 heterocycles. The van der Waals surface area contributed by atoms with E-state index >= 15 is 13.2 Å². The smallest absolute Gasteiger partial charge is 0.409 e. The van der Waals surface area contributed by atoms with Crippen LogP contribution in [0.5, 0.6) is 5.75 Å². The van der Waals surface area contributed by atoms with Crippen molar-refractivity contribution in [1.82, 2.24) is 0 Å². The van der Waals surface area contributed by atoms with E-state index in [1.54, 1.807) is 12.1 Å². The number of allylic oxidation sites excluding steroid dienone is 1. The number of alkyl halides is 5. The Kier molecular flexibility index (Phi) is 12.1. The van der Waals surface area contributed by atoms with Crippen LogP contribution < -0.4 is 4.74 Å². The molecule has 2 aliphatic carbocycles. The fourth-order valence-corrected chi connectivity index (χ4v) is 7.57. The van der Waals surface area contributed by atoms with Crippen LogP contribution in [0.15, 0.2) is 36.4 Å². The van der Waals surface area contributed by atoms with Crippen LogP contribution in [0.3, 0.4) is 0 Å². The molecule has 0 unspecified atom stereocenters. The minimum Gasteiger partial charge on any atom is -0.432 e. The van der Waals surface area contributed by atoms with Gasteiger partial charge >= 0.3 is 12.3 Å². The van der Waals surface area contributed by atoms with E-state index < -0.39 is 53.3 Å². The molecule has 0 bridgehead atoms. The molecule has 1 aliphatic heterocycles. The Hall–Kier alpha value is -2.66. The van der Waals surface area contributed by atoms with Crippen molar-refractivity contribution in [2.75, 3.05) is 13.2 Å². The van der Waals surface area contributed by atoms with Gasteiger partial charge < -0.3 is 14.2 Å². The summed E-state index contributed by atoms with van der Waals surface area (Å²) in [4.78, 5) is 0. The summed E-state index contributed by atoms with van der Waals surface area (Å²) in [6.07, 6.45) is 1.05. The molecule has 48 heavy (non-hydrogen) atoms. The predicted octanol–water partition coefficient (Wildman–Crippen LogP) is 11.7. The van der Waals surface area contributed by atoms with Gasteiger partial charge in [0.2, 0.25) is 0 Å². The van der Waals surface area contributed by atoms with E-state index in [1.165, 1.54) is 57.4 Å². The Morgan fingerprint density at radius 1 is 0.771 bits per heavy atom. The molecule has 0 radical (unpaired) electrons. The summed E-state index contributed by atoms with van der Waals surface area (Å²) in [6.45, 7) is 3.36. The molecule has 1 saturated heterocycles. The molecule has 3 aliphatic rings. The average Bonchev–Trinajstić information content (AvgIpc) is 3.04. The number of halogens is 8. The monoisotopic (exact) mass is 688 g/mol. The van der Waals surface area contributed by atoms with Crippen LogP contribution in [0.25, 0.3) is 6.08 Å². The van der Waals surface area contributed by atoms with Gasteiger partial charge in [0.05, 0.1) is 19.1 Å². The highest BCUT2D eigenvalue weighted by Gasteiger charge is 2.45. The van der Waals surface area contributed by atoms with Gasteiger partial charge in [-0.25, -0.2) is 13.2 Å². The van der Waals surface area contributed by atoms with Crippen molar-refractivity contribution < 1.29 is 49.3 Å². The van der Waals surface area contributed by atoms with Gasteiger partial charge in [-0.3, -0.25) is 0 Å². The molecule has 266 valence electrons. The van der Waals surface area contributed by atoms with E-state index in [9.17, 15) is 22.0 Å². The number of rotatable bonds is 11. The Balaban J connectivity index is 1.10. The number of benzene rings is 2. The third kappa shape index (κ3) is 9.52. The molecule has 0 atom stereocenters. The second kappa shape index (κ2) is 15.9. The molecule has 0 aromatic heterocycles. The Morgan fingerprint density at radius 3 is 2.00 bits per heavy atom. The van der Waals surface area contributed by atoms with E-state index in [0.717, 1.165) is 5.92 Å². The van der Waals surface area contributed by atoms with Crippen molar-refractivity contribution in [3.8, 4) is 5.75 Å². The summed E-state index contributed by atoms with van der Waals surface area (Å²) in [5.74, 6) is -4.11. The highest BCUT2D eigenvalue weighted by atomic mass is 19.4. The third-order valence-electron chi connectivity index (χ3n) is 10.4. The van der Waals surface area contributed by atoms with E-state index in [0.29, 0.717) is 48.3 Å². The molecule has 2 aromatic rings. The van der Waals surface area contributed by atoms with Crippen LogP contribution >= 0.6 is 0 Å². The second-order valence-corrected chi connectivity index (χ2v) is 13.7. The molecular weight excluding hydrogens is 644 g/mol. The van der Waals surface area contributed by atoms with E-state index in [4.69, 9.17) is 9.47 Å². The summed E-state index contributed by atoms with van der Waals surface area (Å²) >= 11 is 0. The lowest BCUT2D eigenvalue weighted by molar-refractivity contribution is -0.222. The summed E-state index contributed by atoms with van der Waals surface area (Å²) in [6, 6.07) is 5.66. The van der Waals surface area contributed by atoms with Crippen LogP contribution in [-0.2, 0) is 9.47 Å². The van der Waals surface area contributed by atoms with Gasteiger partial charge in [-0.15, -0.1) is 0 Å². The number of hydrogen-bond acceptors (Lipinski definition) is 3. The molecule has 3 nitrogen and oxygen atoms in total. The van der Waals surface area contributed by atoms with Gasteiger partial charge in [-0.2, -0.15) is 22.0 Å². The maximum atomic E-state index is 15.3. The SMILES string of the molecule is CCCCCC1CCC(C2COC(c3ccc(C4CCC(C(F)(F)Oc5cc(F)c(/C=C/C(F)(F)F)c(F)c5)CC4)c(F)c3)OC2)CC1. The van der Waals surface area contributed by atoms with Gasteiger partial charge in [0.25, 0.3) is 0 Å². The van der Waals surface area contributed by atoms with Crippen molar-refractivity contribution in [1.29, 1.82) is 0 Å². The quantitative estimate of drug-likeness (QED) is 0.174. The first-order chi connectivity index (χ1) is 22.8. The lowest BCUT2D eigenvalue weighted by Crippen LogP contribution is -2.37. The minimum absolute atomic E-state index is 0.0346. The first-order valence-electron chi connectivity index (χ1n) is 17.2. The zero-order valence-corrected chi connectivity index (χ0v) is 27.2. The molecule has 3 fully saturated rings. The van der Waals surface area contributed by atoms with Crippen LogP contribution in [0.4, 0.5) is 35.1 Å². The zero-order chi connectivity index (χ0) is 34.5. The molecule has 0 amide bonds. The first-order valence-corrected chi connectivity index (χ1v) is 17.2. The van der Waals surface area contributed by atoms with Gasteiger partial charge in [0.15, 0.2) is 6.29 Å². The lowest BCUT2D eigenvalue weighted by Gasteiger charge is -2.38. The van der Waals surface area contributed by atoms with Gasteiger partial charge in [0, 0.05) is 35.3 Å². The Bertz CT molecular complexity index is 1350.